The highest BCUT2D eigenvalue weighted by Gasteiger charge is 2.18. The van der Waals surface area contributed by atoms with Crippen LogP contribution in [-0.2, 0) is 14.8 Å². The van der Waals surface area contributed by atoms with Crippen LogP contribution in [0.5, 0.6) is 0 Å². The Kier molecular flexibility index (Phi) is 7.71. The maximum atomic E-state index is 12.6. The smallest absolute Gasteiger partial charge is 0.252 e. The lowest BCUT2D eigenvalue weighted by Crippen LogP contribution is -2.34. The molecule has 0 saturated carbocycles. The van der Waals surface area contributed by atoms with Crippen molar-refractivity contribution in [1.29, 1.82) is 0 Å². The van der Waals surface area contributed by atoms with Crippen molar-refractivity contribution in [3.63, 3.8) is 0 Å². The summed E-state index contributed by atoms with van der Waals surface area (Å²) in [5, 5.41) is 2.79. The Hall–Kier alpha value is -1.87. The van der Waals surface area contributed by atoms with Gasteiger partial charge in [0.05, 0.1) is 16.6 Å². The van der Waals surface area contributed by atoms with E-state index in [9.17, 15) is 13.2 Å². The highest BCUT2D eigenvalue weighted by atomic mass is 32.2. The van der Waals surface area contributed by atoms with Crippen LogP contribution < -0.4 is 10.0 Å². The average Bonchev–Trinajstić information content (AvgIpc) is 3.24. The number of rotatable bonds is 9. The highest BCUT2D eigenvalue weighted by molar-refractivity contribution is 7.99. The number of benzene rings is 2. The Morgan fingerprint density at radius 3 is 2.62 bits per heavy atom. The van der Waals surface area contributed by atoms with Crippen LogP contribution >= 0.6 is 11.8 Å². The van der Waals surface area contributed by atoms with Gasteiger partial charge in [0.2, 0.25) is 10.0 Å². The van der Waals surface area contributed by atoms with Crippen LogP contribution in [0.4, 0.5) is 0 Å². The third kappa shape index (κ3) is 6.30. The monoisotopic (exact) mass is 434 g/mol. The lowest BCUT2D eigenvalue weighted by Gasteiger charge is -2.13. The minimum absolute atomic E-state index is 0.118. The van der Waals surface area contributed by atoms with Gasteiger partial charge >= 0.3 is 0 Å². The van der Waals surface area contributed by atoms with E-state index < -0.39 is 10.0 Å². The number of amides is 1. The third-order valence-corrected chi connectivity index (χ3v) is 7.30. The fraction of sp³-hybridized carbons (Fsp3) is 0.381. The fourth-order valence-electron chi connectivity index (χ4n) is 3.00. The molecule has 1 aliphatic rings. The molecule has 6 nitrogen and oxygen atoms in total. The molecule has 1 unspecified atom stereocenters. The Labute approximate surface area is 176 Å². The second-order valence-corrected chi connectivity index (χ2v) is 9.74. The van der Waals surface area contributed by atoms with Crippen molar-refractivity contribution in [1.82, 2.24) is 10.0 Å². The van der Waals surface area contributed by atoms with E-state index in [2.05, 4.69) is 10.0 Å². The summed E-state index contributed by atoms with van der Waals surface area (Å²) in [6, 6.07) is 14.1. The molecule has 0 bridgehead atoms. The molecular formula is C21H26N2O4S2. The zero-order chi connectivity index (χ0) is 20.7. The maximum absolute atomic E-state index is 12.6. The van der Waals surface area contributed by atoms with E-state index in [1.807, 2.05) is 25.1 Å². The number of ether oxygens (including phenoxy) is 1. The zero-order valence-corrected chi connectivity index (χ0v) is 18.0. The summed E-state index contributed by atoms with van der Waals surface area (Å²) in [4.78, 5) is 13.7. The van der Waals surface area contributed by atoms with E-state index in [-0.39, 0.29) is 30.0 Å². The number of hydrogen-bond donors (Lipinski definition) is 2. The van der Waals surface area contributed by atoms with Crippen molar-refractivity contribution in [2.75, 3.05) is 25.4 Å². The first-order valence-electron chi connectivity index (χ1n) is 9.64. The summed E-state index contributed by atoms with van der Waals surface area (Å²) >= 11 is 1.62. The van der Waals surface area contributed by atoms with Gasteiger partial charge in [-0.25, -0.2) is 13.1 Å². The van der Waals surface area contributed by atoms with Gasteiger partial charge in [-0.05, 0) is 44.0 Å². The Morgan fingerprint density at radius 1 is 1.14 bits per heavy atom. The molecule has 3 rings (SSSR count). The second kappa shape index (κ2) is 10.2. The van der Waals surface area contributed by atoms with E-state index in [1.165, 1.54) is 0 Å². The van der Waals surface area contributed by atoms with Crippen LogP contribution in [0.15, 0.2) is 58.3 Å². The number of sulfonamides is 1. The summed E-state index contributed by atoms with van der Waals surface area (Å²) in [5.74, 6) is 0.607. The number of thioether (sulfide) groups is 1. The van der Waals surface area contributed by atoms with Gasteiger partial charge in [-0.3, -0.25) is 4.79 Å². The van der Waals surface area contributed by atoms with E-state index >= 15 is 0 Å². The first-order valence-corrected chi connectivity index (χ1v) is 12.1. The summed E-state index contributed by atoms with van der Waals surface area (Å²) in [5.41, 5.74) is 1.59. The van der Waals surface area contributed by atoms with Crippen LogP contribution in [-0.4, -0.2) is 45.9 Å². The largest absolute Gasteiger partial charge is 0.377 e. The molecule has 2 aromatic carbocycles. The molecule has 2 aromatic rings. The first kappa shape index (κ1) is 21.8. The van der Waals surface area contributed by atoms with Crippen LogP contribution in [0.25, 0.3) is 0 Å². The Morgan fingerprint density at radius 2 is 1.90 bits per heavy atom. The predicted octanol–water partition coefficient (Wildman–Crippen LogP) is 2.97. The van der Waals surface area contributed by atoms with E-state index in [1.54, 1.807) is 42.1 Å². The van der Waals surface area contributed by atoms with Crippen LogP contribution in [0.2, 0.25) is 0 Å². The van der Waals surface area contributed by atoms with Gasteiger partial charge in [0.15, 0.2) is 0 Å². The number of carbonyl (C=O) groups is 1. The van der Waals surface area contributed by atoms with Crippen molar-refractivity contribution in [3.05, 3.63) is 59.7 Å². The molecule has 29 heavy (non-hydrogen) atoms. The SMILES string of the molecule is Cc1ccc(S(=O)(=O)NCCNC(=O)c2ccccc2SCC2CCCO2)cc1. The van der Waals surface area contributed by atoms with E-state index in [0.717, 1.165) is 35.7 Å². The first-order chi connectivity index (χ1) is 14.0. The molecule has 1 aliphatic heterocycles. The molecule has 1 amide bonds. The van der Waals surface area contributed by atoms with Crippen molar-refractivity contribution in [2.24, 2.45) is 0 Å². The lowest BCUT2D eigenvalue weighted by atomic mass is 10.2. The van der Waals surface area contributed by atoms with Crippen LogP contribution in [0.1, 0.15) is 28.8 Å². The molecule has 2 N–H and O–H groups in total. The van der Waals surface area contributed by atoms with Gasteiger partial charge in [-0.1, -0.05) is 29.8 Å². The number of hydrogen-bond acceptors (Lipinski definition) is 5. The van der Waals surface area contributed by atoms with Crippen molar-refractivity contribution in [2.45, 2.75) is 35.7 Å². The molecule has 1 atom stereocenters. The Bertz CT molecular complexity index is 924. The van der Waals surface area contributed by atoms with Gasteiger partial charge in [-0.15, -0.1) is 11.8 Å². The minimum atomic E-state index is -3.59. The molecule has 0 aliphatic carbocycles. The third-order valence-electron chi connectivity index (χ3n) is 4.61. The molecular weight excluding hydrogens is 408 g/mol. The summed E-state index contributed by atoms with van der Waals surface area (Å²) < 4.78 is 32.7. The highest BCUT2D eigenvalue weighted by Crippen LogP contribution is 2.26. The quantitative estimate of drug-likeness (QED) is 0.468. The predicted molar refractivity (Wildman–Crippen MR) is 115 cm³/mol. The normalized spacial score (nSPS) is 16.7. The molecule has 156 valence electrons. The molecule has 0 radical (unpaired) electrons. The van der Waals surface area contributed by atoms with Gasteiger partial charge in [0.1, 0.15) is 0 Å². The number of aryl methyl sites for hydroxylation is 1. The zero-order valence-electron chi connectivity index (χ0n) is 16.4. The van der Waals surface area contributed by atoms with Gasteiger partial charge in [0, 0.05) is 30.3 Å². The lowest BCUT2D eigenvalue weighted by molar-refractivity contribution is 0.0951. The number of carbonyl (C=O) groups excluding carboxylic acids is 1. The van der Waals surface area contributed by atoms with Crippen LogP contribution in [0.3, 0.4) is 0 Å². The Balaban J connectivity index is 1.49. The topological polar surface area (TPSA) is 84.5 Å². The van der Waals surface area contributed by atoms with Crippen LogP contribution in [0, 0.1) is 6.92 Å². The van der Waals surface area contributed by atoms with E-state index in [4.69, 9.17) is 4.74 Å². The number of nitrogens with one attached hydrogen (secondary N) is 2. The standard InChI is InChI=1S/C21H26N2O4S2/c1-16-8-10-18(11-9-16)29(25,26)23-13-12-22-21(24)19-6-2-3-7-20(19)28-15-17-5-4-14-27-17/h2-3,6-11,17,23H,4-5,12-15H2,1H3,(H,22,24). The van der Waals surface area contributed by atoms with Crippen molar-refractivity contribution < 1.29 is 17.9 Å². The summed E-state index contributed by atoms with van der Waals surface area (Å²) in [6.45, 7) is 3.03. The second-order valence-electron chi connectivity index (χ2n) is 6.91. The maximum Gasteiger partial charge on any atom is 0.252 e. The molecule has 1 saturated heterocycles. The minimum Gasteiger partial charge on any atom is -0.377 e. The molecule has 1 heterocycles. The fourth-order valence-corrected chi connectivity index (χ4v) is 5.15. The molecule has 8 heteroatoms. The van der Waals surface area contributed by atoms with Gasteiger partial charge in [0.25, 0.3) is 5.91 Å². The van der Waals surface area contributed by atoms with E-state index in [0.29, 0.717) is 5.56 Å². The summed E-state index contributed by atoms with van der Waals surface area (Å²) in [6.07, 6.45) is 2.39. The van der Waals surface area contributed by atoms with Crippen molar-refractivity contribution in [3.8, 4) is 0 Å². The summed E-state index contributed by atoms with van der Waals surface area (Å²) in [7, 11) is -3.59. The molecule has 0 spiro atoms. The van der Waals surface area contributed by atoms with Crippen molar-refractivity contribution >= 4 is 27.7 Å². The molecule has 1 fully saturated rings. The average molecular weight is 435 g/mol. The van der Waals surface area contributed by atoms with Gasteiger partial charge < -0.3 is 10.1 Å². The molecule has 0 aromatic heterocycles. The van der Waals surface area contributed by atoms with Gasteiger partial charge in [-0.2, -0.15) is 0 Å².